The Morgan fingerprint density at radius 1 is 0.686 bits per heavy atom. The van der Waals surface area contributed by atoms with E-state index in [1.165, 1.54) is 0 Å². The van der Waals surface area contributed by atoms with Crippen molar-refractivity contribution in [2.75, 3.05) is 50.0 Å². The molecule has 184 valence electrons. The van der Waals surface area contributed by atoms with Crippen LogP contribution in [0.5, 0.6) is 0 Å². The van der Waals surface area contributed by atoms with Gasteiger partial charge >= 0.3 is 11.9 Å². The SMILES string of the molecule is CCOC(=O)c1cc2cc(NCCNCCNc3ccc4oc(C(=O)OCC)cc4c3)ccc2o1. The van der Waals surface area contributed by atoms with Crippen LogP contribution in [-0.4, -0.2) is 51.3 Å². The molecule has 0 unspecified atom stereocenters. The minimum atomic E-state index is -0.456. The van der Waals surface area contributed by atoms with Gasteiger partial charge in [-0.2, -0.15) is 0 Å². The molecule has 0 fully saturated rings. The first-order chi connectivity index (χ1) is 17.1. The zero-order valence-corrected chi connectivity index (χ0v) is 19.8. The van der Waals surface area contributed by atoms with E-state index in [4.69, 9.17) is 18.3 Å². The molecule has 35 heavy (non-hydrogen) atoms. The molecule has 0 aliphatic heterocycles. The van der Waals surface area contributed by atoms with Gasteiger partial charge in [0.2, 0.25) is 11.5 Å². The number of anilines is 2. The first kappa shape index (κ1) is 24.2. The Morgan fingerprint density at radius 2 is 1.14 bits per heavy atom. The summed E-state index contributed by atoms with van der Waals surface area (Å²) in [5, 5.41) is 11.8. The van der Waals surface area contributed by atoms with Crippen molar-refractivity contribution in [3.8, 4) is 0 Å². The van der Waals surface area contributed by atoms with Crippen LogP contribution in [0.3, 0.4) is 0 Å². The second-order valence-electron chi connectivity index (χ2n) is 7.77. The third kappa shape index (κ3) is 6.13. The molecule has 0 radical (unpaired) electrons. The Hall–Kier alpha value is -3.98. The maximum absolute atomic E-state index is 11.8. The number of carbonyl (C=O) groups is 2. The van der Waals surface area contributed by atoms with Gasteiger partial charge in [0, 0.05) is 48.3 Å². The molecule has 0 atom stereocenters. The van der Waals surface area contributed by atoms with Gasteiger partial charge in [0.1, 0.15) is 11.2 Å². The normalized spacial score (nSPS) is 11.0. The number of ether oxygens (including phenoxy) is 2. The Labute approximate surface area is 202 Å². The third-order valence-corrected chi connectivity index (χ3v) is 5.25. The zero-order valence-electron chi connectivity index (χ0n) is 19.8. The van der Waals surface area contributed by atoms with E-state index in [1.54, 1.807) is 26.0 Å². The van der Waals surface area contributed by atoms with Crippen LogP contribution in [0.1, 0.15) is 35.0 Å². The van der Waals surface area contributed by atoms with Gasteiger partial charge in [-0.05, 0) is 62.4 Å². The Kier molecular flexibility index (Phi) is 7.89. The summed E-state index contributed by atoms with van der Waals surface area (Å²) in [6.07, 6.45) is 0. The fourth-order valence-electron chi connectivity index (χ4n) is 3.63. The molecule has 3 N–H and O–H groups in total. The molecule has 0 saturated carbocycles. The van der Waals surface area contributed by atoms with Gasteiger partial charge in [-0.25, -0.2) is 9.59 Å². The van der Waals surface area contributed by atoms with E-state index in [0.29, 0.717) is 24.4 Å². The minimum Gasteiger partial charge on any atom is -0.460 e. The predicted octanol–water partition coefficient (Wildman–Crippen LogP) is 4.65. The summed E-state index contributed by atoms with van der Waals surface area (Å²) in [5.41, 5.74) is 3.19. The third-order valence-electron chi connectivity index (χ3n) is 5.25. The second-order valence-corrected chi connectivity index (χ2v) is 7.77. The van der Waals surface area contributed by atoms with Gasteiger partial charge in [0.25, 0.3) is 0 Å². The summed E-state index contributed by atoms with van der Waals surface area (Å²) in [4.78, 5) is 23.7. The van der Waals surface area contributed by atoms with Crippen molar-refractivity contribution in [1.29, 1.82) is 0 Å². The molecule has 0 saturated heterocycles. The van der Waals surface area contributed by atoms with Gasteiger partial charge in [-0.15, -0.1) is 0 Å². The lowest BCUT2D eigenvalue weighted by molar-refractivity contribution is 0.0484. The van der Waals surface area contributed by atoms with Crippen molar-refractivity contribution in [2.45, 2.75) is 13.8 Å². The number of nitrogens with one attached hydrogen (secondary N) is 3. The maximum Gasteiger partial charge on any atom is 0.374 e. The number of esters is 2. The number of fused-ring (bicyclic) bond motifs is 2. The van der Waals surface area contributed by atoms with E-state index >= 15 is 0 Å². The van der Waals surface area contributed by atoms with Crippen molar-refractivity contribution in [1.82, 2.24) is 5.32 Å². The van der Waals surface area contributed by atoms with Crippen LogP contribution in [0.15, 0.2) is 57.4 Å². The summed E-state index contributed by atoms with van der Waals surface area (Å²) < 4.78 is 21.0. The van der Waals surface area contributed by atoms with Crippen LogP contribution in [0.25, 0.3) is 21.9 Å². The number of benzene rings is 2. The van der Waals surface area contributed by atoms with Crippen molar-refractivity contribution >= 4 is 45.3 Å². The van der Waals surface area contributed by atoms with Gasteiger partial charge in [0.15, 0.2) is 0 Å². The summed E-state index contributed by atoms with van der Waals surface area (Å²) in [5.74, 6) is -0.497. The van der Waals surface area contributed by atoms with Crippen LogP contribution < -0.4 is 16.0 Å². The summed E-state index contributed by atoms with van der Waals surface area (Å²) in [7, 11) is 0. The fraction of sp³-hybridized carbons (Fsp3) is 0.308. The lowest BCUT2D eigenvalue weighted by atomic mass is 10.2. The molecule has 2 heterocycles. The molecule has 0 aliphatic carbocycles. The average Bonchev–Trinajstić information content (AvgIpc) is 3.47. The molecular weight excluding hydrogens is 450 g/mol. The fourth-order valence-corrected chi connectivity index (χ4v) is 3.63. The smallest absolute Gasteiger partial charge is 0.374 e. The largest absolute Gasteiger partial charge is 0.460 e. The second kappa shape index (κ2) is 11.4. The van der Waals surface area contributed by atoms with Crippen LogP contribution in [0.4, 0.5) is 11.4 Å². The average molecular weight is 480 g/mol. The minimum absolute atomic E-state index is 0.208. The highest BCUT2D eigenvalue weighted by Gasteiger charge is 2.14. The molecule has 0 bridgehead atoms. The van der Waals surface area contributed by atoms with Crippen LogP contribution in [0.2, 0.25) is 0 Å². The number of carbonyl (C=O) groups excluding carboxylic acids is 2. The summed E-state index contributed by atoms with van der Waals surface area (Å²) >= 11 is 0. The number of rotatable bonds is 12. The molecule has 9 heteroatoms. The Bertz CT molecular complexity index is 1210. The lowest BCUT2D eigenvalue weighted by Gasteiger charge is -2.09. The molecule has 4 aromatic rings. The van der Waals surface area contributed by atoms with E-state index in [-0.39, 0.29) is 11.5 Å². The highest BCUT2D eigenvalue weighted by atomic mass is 16.5. The van der Waals surface area contributed by atoms with Crippen molar-refractivity contribution in [3.05, 3.63) is 60.1 Å². The Balaban J connectivity index is 1.18. The van der Waals surface area contributed by atoms with Crippen molar-refractivity contribution < 1.29 is 27.9 Å². The molecule has 0 spiro atoms. The standard InChI is InChI=1S/C26H29N3O6/c1-3-32-25(30)23-15-17-13-19(5-7-21(17)34-23)28-11-9-27-10-12-29-20-6-8-22-18(14-20)16-24(35-22)26(31)33-4-2/h5-8,13-16,27-29H,3-4,9-12H2,1-2H3. The highest BCUT2D eigenvalue weighted by molar-refractivity contribution is 5.94. The zero-order chi connectivity index (χ0) is 24.6. The first-order valence-corrected chi connectivity index (χ1v) is 11.7. The molecule has 9 nitrogen and oxygen atoms in total. The van der Waals surface area contributed by atoms with Gasteiger partial charge in [-0.3, -0.25) is 0 Å². The van der Waals surface area contributed by atoms with Crippen molar-refractivity contribution in [3.63, 3.8) is 0 Å². The first-order valence-electron chi connectivity index (χ1n) is 11.7. The van der Waals surface area contributed by atoms with Gasteiger partial charge in [-0.1, -0.05) is 0 Å². The monoisotopic (exact) mass is 479 g/mol. The number of hydrogen-bond donors (Lipinski definition) is 3. The van der Waals surface area contributed by atoms with Crippen molar-refractivity contribution in [2.24, 2.45) is 0 Å². The molecule has 2 aromatic carbocycles. The number of hydrogen-bond acceptors (Lipinski definition) is 9. The highest BCUT2D eigenvalue weighted by Crippen LogP contribution is 2.24. The van der Waals surface area contributed by atoms with E-state index in [9.17, 15) is 9.59 Å². The molecular formula is C26H29N3O6. The van der Waals surface area contributed by atoms with Crippen LogP contribution >= 0.6 is 0 Å². The van der Waals surface area contributed by atoms with Crippen LogP contribution in [-0.2, 0) is 9.47 Å². The summed E-state index contributed by atoms with van der Waals surface area (Å²) in [6, 6.07) is 14.8. The predicted molar refractivity (Wildman–Crippen MR) is 134 cm³/mol. The van der Waals surface area contributed by atoms with E-state index in [1.807, 2.05) is 36.4 Å². The topological polar surface area (TPSA) is 115 Å². The molecule has 4 rings (SSSR count). The van der Waals surface area contributed by atoms with Gasteiger partial charge < -0.3 is 34.3 Å². The Morgan fingerprint density at radius 3 is 1.57 bits per heavy atom. The van der Waals surface area contributed by atoms with E-state index < -0.39 is 11.9 Å². The van der Waals surface area contributed by atoms with E-state index in [2.05, 4.69) is 16.0 Å². The number of furan rings is 2. The van der Waals surface area contributed by atoms with Gasteiger partial charge in [0.05, 0.1) is 13.2 Å². The lowest BCUT2D eigenvalue weighted by Crippen LogP contribution is -2.27. The maximum atomic E-state index is 11.8. The molecule has 2 aromatic heterocycles. The van der Waals surface area contributed by atoms with E-state index in [0.717, 1.165) is 48.3 Å². The van der Waals surface area contributed by atoms with Crippen LogP contribution in [0, 0.1) is 0 Å². The quantitative estimate of drug-likeness (QED) is 0.197. The summed E-state index contributed by atoms with van der Waals surface area (Å²) in [6.45, 7) is 7.18. The molecule has 0 amide bonds. The molecule has 0 aliphatic rings.